The number of aliphatic hydroxyl groups excluding tert-OH is 1. The molecule has 0 bridgehead atoms. The van der Waals surface area contributed by atoms with Gasteiger partial charge in [0.05, 0.1) is 6.04 Å². The van der Waals surface area contributed by atoms with Crippen LogP contribution in [0, 0.1) is 11.8 Å². The molecule has 1 fully saturated rings. The van der Waals surface area contributed by atoms with Crippen LogP contribution >= 0.6 is 0 Å². The van der Waals surface area contributed by atoms with E-state index in [2.05, 4.69) is 31.7 Å². The molecule has 4 atom stereocenters. The van der Waals surface area contributed by atoms with E-state index >= 15 is 0 Å². The largest absolute Gasteiger partial charge is 0.491 e. The molecule has 2 aliphatic heterocycles. The molecule has 1 saturated heterocycles. The highest BCUT2D eigenvalue weighted by Gasteiger charge is 2.37. The Morgan fingerprint density at radius 2 is 1.95 bits per heavy atom. The number of aryl methyl sites for hydroxylation is 1. The van der Waals surface area contributed by atoms with E-state index in [1.165, 1.54) is 12.0 Å². The summed E-state index contributed by atoms with van der Waals surface area (Å²) in [7, 11) is 0. The maximum absolute atomic E-state index is 10.8. The second-order valence-electron chi connectivity index (χ2n) is 6.91. The predicted molar refractivity (Wildman–Crippen MR) is 84.6 cm³/mol. The molecule has 3 rings (SSSR count). The number of para-hydroxylation sites is 1. The van der Waals surface area contributed by atoms with Gasteiger partial charge in [-0.15, -0.1) is 0 Å². The minimum Gasteiger partial charge on any atom is -0.491 e. The number of ether oxygens (including phenoxy) is 1. The van der Waals surface area contributed by atoms with Crippen molar-refractivity contribution in [2.75, 3.05) is 19.7 Å². The molecule has 3 nitrogen and oxygen atoms in total. The number of rotatable bonds is 2. The number of nitrogens with zero attached hydrogens (tertiary/aromatic N) is 1. The van der Waals surface area contributed by atoms with Gasteiger partial charge in [0.25, 0.3) is 0 Å². The van der Waals surface area contributed by atoms with E-state index in [1.54, 1.807) is 0 Å². The fraction of sp³-hybridized carbons (Fsp3) is 0.667. The van der Waals surface area contributed by atoms with Gasteiger partial charge in [-0.05, 0) is 30.2 Å². The summed E-state index contributed by atoms with van der Waals surface area (Å²) in [5, 5.41) is 10.8. The van der Waals surface area contributed by atoms with Crippen LogP contribution in [0.1, 0.15) is 44.4 Å². The SMILES string of the molecule is CCc1cccc2c1OCC(N1CC(C)CC(C)C1)C2O. The molecule has 1 aromatic rings. The van der Waals surface area contributed by atoms with Crippen LogP contribution in [0.25, 0.3) is 0 Å². The maximum Gasteiger partial charge on any atom is 0.128 e. The molecule has 1 N–H and O–H groups in total. The number of benzene rings is 1. The van der Waals surface area contributed by atoms with Gasteiger partial charge in [-0.3, -0.25) is 4.90 Å². The first kappa shape index (κ1) is 14.9. The smallest absolute Gasteiger partial charge is 0.128 e. The van der Waals surface area contributed by atoms with Gasteiger partial charge < -0.3 is 9.84 Å². The van der Waals surface area contributed by atoms with Crippen LogP contribution < -0.4 is 4.74 Å². The Balaban J connectivity index is 1.83. The molecule has 21 heavy (non-hydrogen) atoms. The minimum absolute atomic E-state index is 0.0924. The molecule has 0 aliphatic carbocycles. The van der Waals surface area contributed by atoms with Gasteiger partial charge in [-0.2, -0.15) is 0 Å². The van der Waals surface area contributed by atoms with Crippen molar-refractivity contribution in [1.82, 2.24) is 4.90 Å². The van der Waals surface area contributed by atoms with Crippen molar-refractivity contribution in [3.8, 4) is 5.75 Å². The Morgan fingerprint density at radius 1 is 1.24 bits per heavy atom. The molecule has 0 amide bonds. The van der Waals surface area contributed by atoms with Crippen molar-refractivity contribution in [2.24, 2.45) is 11.8 Å². The molecule has 0 saturated carbocycles. The van der Waals surface area contributed by atoms with Crippen molar-refractivity contribution >= 4 is 0 Å². The fourth-order valence-electron chi connectivity index (χ4n) is 4.05. The van der Waals surface area contributed by atoms with Gasteiger partial charge in [0.1, 0.15) is 18.5 Å². The molecule has 2 heterocycles. The molecular weight excluding hydrogens is 262 g/mol. The zero-order valence-corrected chi connectivity index (χ0v) is 13.4. The number of piperidine rings is 1. The van der Waals surface area contributed by atoms with Crippen LogP contribution in [-0.4, -0.2) is 35.7 Å². The normalized spacial score (nSPS) is 33.3. The average molecular weight is 289 g/mol. The van der Waals surface area contributed by atoms with E-state index in [4.69, 9.17) is 4.74 Å². The van der Waals surface area contributed by atoms with E-state index in [9.17, 15) is 5.11 Å². The first-order valence-electron chi connectivity index (χ1n) is 8.26. The Bertz CT molecular complexity index is 492. The Morgan fingerprint density at radius 3 is 2.62 bits per heavy atom. The third kappa shape index (κ3) is 2.82. The van der Waals surface area contributed by atoms with Crippen LogP contribution in [0.2, 0.25) is 0 Å². The quantitative estimate of drug-likeness (QED) is 0.908. The van der Waals surface area contributed by atoms with E-state index < -0.39 is 6.10 Å². The summed E-state index contributed by atoms with van der Waals surface area (Å²) in [4.78, 5) is 2.44. The number of fused-ring (bicyclic) bond motifs is 1. The molecule has 1 aromatic carbocycles. The molecule has 4 unspecified atom stereocenters. The topological polar surface area (TPSA) is 32.7 Å². The van der Waals surface area contributed by atoms with Crippen LogP contribution in [0.5, 0.6) is 5.75 Å². The van der Waals surface area contributed by atoms with E-state index in [1.807, 2.05) is 12.1 Å². The molecule has 2 aliphatic rings. The average Bonchev–Trinajstić information content (AvgIpc) is 2.46. The number of hydrogen-bond donors (Lipinski definition) is 1. The highest BCUT2D eigenvalue weighted by atomic mass is 16.5. The summed E-state index contributed by atoms with van der Waals surface area (Å²) in [5.74, 6) is 2.32. The van der Waals surface area contributed by atoms with Crippen molar-refractivity contribution in [3.63, 3.8) is 0 Å². The number of hydrogen-bond acceptors (Lipinski definition) is 3. The lowest BCUT2D eigenvalue weighted by molar-refractivity contribution is -0.0229. The number of likely N-dealkylation sites (tertiary alicyclic amines) is 1. The summed E-state index contributed by atoms with van der Waals surface area (Å²) in [6, 6.07) is 6.24. The van der Waals surface area contributed by atoms with Gasteiger partial charge in [0.2, 0.25) is 0 Å². The fourth-order valence-corrected chi connectivity index (χ4v) is 4.05. The van der Waals surface area contributed by atoms with Crippen LogP contribution in [0.15, 0.2) is 18.2 Å². The Hall–Kier alpha value is -1.06. The highest BCUT2D eigenvalue weighted by molar-refractivity contribution is 5.44. The van der Waals surface area contributed by atoms with Gasteiger partial charge in [0.15, 0.2) is 0 Å². The molecule has 116 valence electrons. The van der Waals surface area contributed by atoms with Gasteiger partial charge in [-0.1, -0.05) is 39.0 Å². The maximum atomic E-state index is 10.8. The summed E-state index contributed by atoms with van der Waals surface area (Å²) in [6.07, 6.45) is 1.80. The van der Waals surface area contributed by atoms with Crippen LogP contribution in [0.4, 0.5) is 0 Å². The first-order valence-corrected chi connectivity index (χ1v) is 8.26. The zero-order valence-electron chi connectivity index (χ0n) is 13.4. The van der Waals surface area contributed by atoms with Crippen LogP contribution in [0.3, 0.4) is 0 Å². The third-order valence-electron chi connectivity index (χ3n) is 4.96. The molecule has 0 radical (unpaired) electrons. The summed E-state index contributed by atoms with van der Waals surface area (Å²) >= 11 is 0. The van der Waals surface area contributed by atoms with E-state index in [0.29, 0.717) is 18.4 Å². The lowest BCUT2D eigenvalue weighted by Gasteiger charge is -2.44. The van der Waals surface area contributed by atoms with E-state index in [0.717, 1.165) is 30.8 Å². The molecule has 0 aromatic heterocycles. The Labute approximate surface area is 127 Å². The molecule has 0 spiro atoms. The van der Waals surface area contributed by atoms with Crippen molar-refractivity contribution in [3.05, 3.63) is 29.3 Å². The second kappa shape index (κ2) is 5.98. The highest BCUT2D eigenvalue weighted by Crippen LogP contribution is 2.38. The van der Waals surface area contributed by atoms with Crippen molar-refractivity contribution in [2.45, 2.75) is 45.8 Å². The molecular formula is C18H27NO2. The number of aliphatic hydroxyl groups is 1. The summed E-state index contributed by atoms with van der Waals surface area (Å²) in [6.45, 7) is 9.48. The zero-order chi connectivity index (χ0) is 15.0. The Kier molecular flexibility index (Phi) is 4.23. The van der Waals surface area contributed by atoms with Gasteiger partial charge in [0, 0.05) is 18.7 Å². The van der Waals surface area contributed by atoms with Gasteiger partial charge >= 0.3 is 0 Å². The predicted octanol–water partition coefficient (Wildman–Crippen LogP) is 3.02. The van der Waals surface area contributed by atoms with E-state index in [-0.39, 0.29) is 6.04 Å². The van der Waals surface area contributed by atoms with Crippen LogP contribution in [-0.2, 0) is 6.42 Å². The third-order valence-corrected chi connectivity index (χ3v) is 4.96. The lowest BCUT2D eigenvalue weighted by Crippen LogP contribution is -2.51. The van der Waals surface area contributed by atoms with Crippen molar-refractivity contribution in [1.29, 1.82) is 0 Å². The summed E-state index contributed by atoms with van der Waals surface area (Å²) in [5.41, 5.74) is 2.17. The van der Waals surface area contributed by atoms with Gasteiger partial charge in [-0.25, -0.2) is 0 Å². The lowest BCUT2D eigenvalue weighted by atomic mass is 9.88. The second-order valence-corrected chi connectivity index (χ2v) is 6.91. The first-order chi connectivity index (χ1) is 10.1. The monoisotopic (exact) mass is 289 g/mol. The standard InChI is InChI=1S/C18H27NO2/c1-4-14-6-5-7-15-17(20)16(11-21-18(14)15)19-9-12(2)8-13(3)10-19/h5-7,12-13,16-17,20H,4,8-11H2,1-3H3. The minimum atomic E-state index is -0.433. The summed E-state index contributed by atoms with van der Waals surface area (Å²) < 4.78 is 6.05. The van der Waals surface area contributed by atoms with Crippen molar-refractivity contribution < 1.29 is 9.84 Å². The molecule has 3 heteroatoms.